The number of hydrogen-bond donors (Lipinski definition) is 14. The molecule has 4 aromatic carbocycles. The van der Waals surface area contributed by atoms with Gasteiger partial charge in [0.05, 0.1) is 99.8 Å². The molecule has 410 valence electrons. The molecule has 20 heteroatoms. The molecule has 0 spiro atoms. The van der Waals surface area contributed by atoms with Gasteiger partial charge in [0.15, 0.2) is 0 Å². The van der Waals surface area contributed by atoms with Crippen LogP contribution in [0, 0.1) is 0 Å². The van der Waals surface area contributed by atoms with Crippen molar-refractivity contribution in [2.75, 3.05) is 52.9 Å². The van der Waals surface area contributed by atoms with E-state index < -0.39 is 101 Å². The predicted molar refractivity (Wildman–Crippen MR) is 302 cm³/mol. The number of aliphatic hydroxyl groups excluding tert-OH is 8. The van der Waals surface area contributed by atoms with E-state index in [0.717, 1.165) is 0 Å². The molecule has 14 N–H and O–H groups in total. The van der Waals surface area contributed by atoms with Crippen molar-refractivity contribution < 1.29 is 60.0 Å². The van der Waals surface area contributed by atoms with Crippen LogP contribution in [0.3, 0.4) is 0 Å². The van der Waals surface area contributed by atoms with Crippen molar-refractivity contribution in [3.05, 3.63) is 166 Å². The van der Waals surface area contributed by atoms with Crippen LogP contribution >= 0.6 is 0 Å². The molecule has 80 heavy (non-hydrogen) atoms. The van der Waals surface area contributed by atoms with E-state index in [1.54, 1.807) is 97.1 Å². The van der Waals surface area contributed by atoms with Crippen molar-refractivity contribution >= 4 is 70.0 Å². The lowest BCUT2D eigenvalue weighted by Gasteiger charge is -2.14. The van der Waals surface area contributed by atoms with Crippen molar-refractivity contribution in [1.82, 2.24) is 41.2 Å². The van der Waals surface area contributed by atoms with E-state index in [2.05, 4.69) is 31.2 Å². The van der Waals surface area contributed by atoms with E-state index in [0.29, 0.717) is 89.4 Å². The SMILES string of the molecule is O=C(NC(CO)CO)c1ccc(-c2c3nc(c(-c4ccc(C(=O)NC(CO)CO)cc4)c4ccc([nH]4)c(-c4ccc(C(=O)NC(CO)CO)cc4)c4nc(c(-c5ccc(C(=O)NC(CO)CO)cc5)c5ccc2[nH]5)C=C4)C=C3)cc1. The summed E-state index contributed by atoms with van der Waals surface area (Å²) in [6.45, 7) is -3.66. The minimum atomic E-state index is -0.860. The lowest BCUT2D eigenvalue weighted by molar-refractivity contribution is 0.0874. The summed E-state index contributed by atoms with van der Waals surface area (Å²) < 4.78 is 0. The number of aromatic amines is 2. The molecule has 0 saturated carbocycles. The van der Waals surface area contributed by atoms with E-state index in [-0.39, 0.29) is 22.3 Å². The normalized spacial score (nSPS) is 11.9. The molecule has 0 aliphatic carbocycles. The molecule has 8 bridgehead atoms. The molecule has 0 atom stereocenters. The van der Waals surface area contributed by atoms with Crippen molar-refractivity contribution in [3.63, 3.8) is 0 Å². The summed E-state index contributed by atoms with van der Waals surface area (Å²) >= 11 is 0. The van der Waals surface area contributed by atoms with Gasteiger partial charge in [-0.05, 0) is 119 Å². The fourth-order valence-electron chi connectivity index (χ4n) is 9.24. The summed E-state index contributed by atoms with van der Waals surface area (Å²) in [6, 6.07) is 31.3. The quantitative estimate of drug-likeness (QED) is 0.0518. The Hall–Kier alpha value is -8.96. The van der Waals surface area contributed by atoms with Gasteiger partial charge < -0.3 is 72.1 Å². The second-order valence-electron chi connectivity index (χ2n) is 19.0. The van der Waals surface area contributed by atoms with Crippen LogP contribution in [-0.2, 0) is 0 Å². The van der Waals surface area contributed by atoms with Crippen LogP contribution in [0.4, 0.5) is 0 Å². The molecule has 2 aliphatic heterocycles. The molecule has 3 aromatic heterocycles. The Balaban J connectivity index is 1.31. The molecular formula is C60H58N8O12. The Morgan fingerprint density at radius 2 is 0.500 bits per heavy atom. The number of fused-ring (bicyclic) bond motifs is 8. The van der Waals surface area contributed by atoms with Crippen molar-refractivity contribution in [2.45, 2.75) is 24.2 Å². The van der Waals surface area contributed by atoms with Crippen LogP contribution in [0.5, 0.6) is 0 Å². The third-order valence-electron chi connectivity index (χ3n) is 13.6. The standard InChI is InChI=1S/C60H58N8O12/c69-25-41(26-70)61-57(77)37-9-1-33(2-10-37)53-45-17-19-47(65-45)54(34-3-11-38(12-4-34)58(78)62-42(27-71)28-72)49-21-23-51(67-49)56(36-7-15-40(16-8-36)60(80)64-44(31-75)32-76)52-24-22-50(68-52)55(48-20-18-46(53)66-48)35-5-13-39(14-6-35)59(79)63-43(29-73)30-74/h1-24,41-44,65,68-76H,25-32H2,(H,61,77)(H,62,78)(H,63,79)(H,64,80). The van der Waals surface area contributed by atoms with Crippen molar-refractivity contribution in [2.24, 2.45) is 0 Å². The van der Waals surface area contributed by atoms with E-state index >= 15 is 0 Å². The van der Waals surface area contributed by atoms with E-state index in [9.17, 15) is 60.0 Å². The van der Waals surface area contributed by atoms with E-state index in [1.807, 2.05) is 48.6 Å². The Bertz CT molecular complexity index is 3170. The number of aromatic nitrogens is 4. The van der Waals surface area contributed by atoms with E-state index in [1.165, 1.54) is 0 Å². The van der Waals surface area contributed by atoms with Crippen molar-refractivity contribution in [1.29, 1.82) is 0 Å². The zero-order valence-corrected chi connectivity index (χ0v) is 42.9. The van der Waals surface area contributed by atoms with Gasteiger partial charge in [-0.15, -0.1) is 0 Å². The fraction of sp³-hybridized carbons (Fsp3) is 0.200. The Labute approximate surface area is 457 Å². The number of hydrogen-bond acceptors (Lipinski definition) is 14. The number of amides is 4. The summed E-state index contributed by atoms with van der Waals surface area (Å²) in [5, 5.41) is 87.7. The maximum atomic E-state index is 13.2. The van der Waals surface area contributed by atoms with Crippen LogP contribution in [-0.4, -0.2) is 161 Å². The molecule has 0 radical (unpaired) electrons. The van der Waals surface area contributed by atoms with Gasteiger partial charge in [-0.1, -0.05) is 48.5 Å². The minimum absolute atomic E-state index is 0.275. The lowest BCUT2D eigenvalue weighted by Crippen LogP contribution is -2.40. The predicted octanol–water partition coefficient (Wildman–Crippen LogP) is 3.66. The van der Waals surface area contributed by atoms with Crippen molar-refractivity contribution in [3.8, 4) is 44.5 Å². The maximum Gasteiger partial charge on any atom is 0.251 e. The molecular weight excluding hydrogens is 1020 g/mol. The number of aliphatic hydroxyl groups is 8. The first-order valence-corrected chi connectivity index (χ1v) is 25.6. The number of H-pyrrole nitrogens is 2. The minimum Gasteiger partial charge on any atom is -0.394 e. The zero-order valence-electron chi connectivity index (χ0n) is 42.9. The summed E-state index contributed by atoms with van der Waals surface area (Å²) in [6.07, 6.45) is 7.45. The zero-order chi connectivity index (χ0) is 56.5. The Morgan fingerprint density at radius 1 is 0.312 bits per heavy atom. The molecule has 0 saturated heterocycles. The monoisotopic (exact) mass is 1080 g/mol. The average Bonchev–Trinajstić information content (AvgIpc) is 4.40. The fourth-order valence-corrected chi connectivity index (χ4v) is 9.24. The van der Waals surface area contributed by atoms with Gasteiger partial charge in [0.1, 0.15) is 0 Å². The van der Waals surface area contributed by atoms with Crippen LogP contribution in [0.15, 0.2) is 121 Å². The lowest BCUT2D eigenvalue weighted by atomic mass is 10.0. The molecule has 0 unspecified atom stereocenters. The highest BCUT2D eigenvalue weighted by atomic mass is 16.3. The first-order valence-electron chi connectivity index (χ1n) is 25.6. The number of rotatable bonds is 20. The second kappa shape index (κ2) is 25.2. The molecule has 20 nitrogen and oxygen atoms in total. The first-order chi connectivity index (χ1) is 38.9. The third-order valence-corrected chi connectivity index (χ3v) is 13.6. The summed E-state index contributed by atoms with van der Waals surface area (Å²) in [7, 11) is 0. The topological polar surface area (TPSA) is 336 Å². The van der Waals surface area contributed by atoms with E-state index in [4.69, 9.17) is 9.97 Å². The number of carbonyl (C=O) groups is 4. The highest BCUT2D eigenvalue weighted by molar-refractivity contribution is 6.03. The Morgan fingerprint density at radius 3 is 0.675 bits per heavy atom. The molecule has 0 fully saturated rings. The maximum absolute atomic E-state index is 13.2. The van der Waals surface area contributed by atoms with Crippen LogP contribution < -0.4 is 21.3 Å². The molecule has 7 aromatic rings. The number of carbonyl (C=O) groups excluding carboxylic acids is 4. The summed E-state index contributed by atoms with van der Waals surface area (Å²) in [5.41, 5.74) is 10.8. The highest BCUT2D eigenvalue weighted by Gasteiger charge is 2.22. The van der Waals surface area contributed by atoms with Gasteiger partial charge in [-0.3, -0.25) is 19.2 Å². The van der Waals surface area contributed by atoms with Gasteiger partial charge in [0.2, 0.25) is 0 Å². The highest BCUT2D eigenvalue weighted by Crippen LogP contribution is 2.39. The van der Waals surface area contributed by atoms with Gasteiger partial charge in [-0.2, -0.15) is 0 Å². The molecule has 5 heterocycles. The largest absolute Gasteiger partial charge is 0.394 e. The van der Waals surface area contributed by atoms with Crippen LogP contribution in [0.2, 0.25) is 0 Å². The van der Waals surface area contributed by atoms with Crippen LogP contribution in [0.1, 0.15) is 64.2 Å². The number of benzene rings is 4. The molecule has 4 amide bonds. The van der Waals surface area contributed by atoms with Gasteiger partial charge >= 0.3 is 0 Å². The average molecular weight is 1080 g/mol. The van der Waals surface area contributed by atoms with Gasteiger partial charge in [0, 0.05) is 66.6 Å². The number of nitrogens with one attached hydrogen (secondary N) is 6. The Kier molecular flexibility index (Phi) is 17.6. The third kappa shape index (κ3) is 12.0. The smallest absolute Gasteiger partial charge is 0.251 e. The second-order valence-corrected chi connectivity index (χ2v) is 19.0. The van der Waals surface area contributed by atoms with Gasteiger partial charge in [0.25, 0.3) is 23.6 Å². The van der Waals surface area contributed by atoms with Gasteiger partial charge in [-0.25, -0.2) is 9.97 Å². The molecule has 9 rings (SSSR count). The summed E-state index contributed by atoms with van der Waals surface area (Å²) in [4.78, 5) is 70.8. The summed E-state index contributed by atoms with van der Waals surface area (Å²) in [5.74, 6) is -2.00. The van der Waals surface area contributed by atoms with Crippen LogP contribution in [0.25, 0.3) is 90.9 Å². The number of nitrogens with zero attached hydrogens (tertiary/aromatic N) is 2. The first kappa shape index (κ1) is 55.8. The molecule has 2 aliphatic rings.